The Labute approximate surface area is 275 Å². The second kappa shape index (κ2) is 14.6. The molecule has 2 heterocycles. The highest BCUT2D eigenvalue weighted by atomic mass is 32.2. The number of nitrogens with one attached hydrogen (secondary N) is 1. The van der Waals surface area contributed by atoms with E-state index in [2.05, 4.69) is 37.0 Å². The molecule has 13 heteroatoms. The Bertz CT molecular complexity index is 1710. The third kappa shape index (κ3) is 8.91. The number of benzene rings is 3. The number of carbonyl (C=O) groups is 1. The number of anilines is 1. The maximum atomic E-state index is 14.1. The second-order valence-corrected chi connectivity index (χ2v) is 12.8. The first-order valence-corrected chi connectivity index (χ1v) is 16.3. The van der Waals surface area contributed by atoms with Gasteiger partial charge in [-0.3, -0.25) is 0 Å². The fourth-order valence-corrected chi connectivity index (χ4v) is 6.47. The molecule has 3 aromatic carbocycles. The standard InChI is InChI=1S/C34H36F4N6O2S/c1-21(2)29-19-26(35)11-16-30(29)44-23(4)17-18-47-33(44)41-32(45)40-22(3)5-6-24-7-9-25(10-8-24)31-39-20-43(42-31)27-12-14-28(15-13-27)46-34(36,37)38/h7-16,19-23H,5-6,17-18H2,1-4H3,(H,40,45). The number of carbonyl (C=O) groups excluding carboxylic acids is 1. The SMILES string of the molecule is CC(CCc1ccc(-c2ncn(-c3ccc(OC(F)(F)F)cc3)n2)cc1)NC(=O)N=C1SCCC(C)N1c1ccc(F)cc1C(C)C. The molecule has 1 N–H and O–H groups in total. The molecule has 0 bridgehead atoms. The van der Waals surface area contributed by atoms with Gasteiger partial charge < -0.3 is 15.0 Å². The number of aromatic nitrogens is 3. The number of ether oxygens (including phenoxy) is 1. The number of amidine groups is 1. The molecule has 0 saturated carbocycles. The lowest BCUT2D eigenvalue weighted by atomic mass is 9.99. The van der Waals surface area contributed by atoms with Gasteiger partial charge in [-0.2, -0.15) is 4.99 Å². The van der Waals surface area contributed by atoms with Crippen LogP contribution in [0.2, 0.25) is 0 Å². The average molecular weight is 669 g/mol. The smallest absolute Gasteiger partial charge is 0.406 e. The number of hydrogen-bond donors (Lipinski definition) is 1. The van der Waals surface area contributed by atoms with E-state index in [4.69, 9.17) is 0 Å². The van der Waals surface area contributed by atoms with Crippen LogP contribution in [0.1, 0.15) is 57.6 Å². The van der Waals surface area contributed by atoms with Gasteiger partial charge in [0.2, 0.25) is 0 Å². The van der Waals surface area contributed by atoms with Gasteiger partial charge >= 0.3 is 12.4 Å². The van der Waals surface area contributed by atoms with Crippen molar-refractivity contribution in [2.24, 2.45) is 4.99 Å². The zero-order valence-corrected chi connectivity index (χ0v) is 27.3. The number of aliphatic imine (C=N–C) groups is 1. The predicted molar refractivity (Wildman–Crippen MR) is 177 cm³/mol. The summed E-state index contributed by atoms with van der Waals surface area (Å²) < 4.78 is 56.7. The van der Waals surface area contributed by atoms with Crippen molar-refractivity contribution in [3.8, 4) is 22.8 Å². The van der Waals surface area contributed by atoms with Crippen LogP contribution in [0.25, 0.3) is 17.1 Å². The molecule has 2 amide bonds. The summed E-state index contributed by atoms with van der Waals surface area (Å²) >= 11 is 1.53. The van der Waals surface area contributed by atoms with E-state index >= 15 is 0 Å². The Kier molecular flexibility index (Phi) is 10.5. The molecule has 1 saturated heterocycles. The molecule has 0 aliphatic carbocycles. The molecule has 2 atom stereocenters. The Morgan fingerprint density at radius 2 is 1.81 bits per heavy atom. The van der Waals surface area contributed by atoms with Crippen molar-refractivity contribution in [1.82, 2.24) is 20.1 Å². The van der Waals surface area contributed by atoms with Crippen molar-refractivity contribution >= 4 is 28.6 Å². The number of thioether (sulfide) groups is 1. The Morgan fingerprint density at radius 3 is 2.49 bits per heavy atom. The zero-order chi connectivity index (χ0) is 33.7. The molecule has 1 aromatic heterocycles. The maximum absolute atomic E-state index is 14.1. The van der Waals surface area contributed by atoms with E-state index in [0.717, 1.165) is 41.0 Å². The van der Waals surface area contributed by atoms with Crippen molar-refractivity contribution in [3.05, 3.63) is 90.0 Å². The van der Waals surface area contributed by atoms with Crippen molar-refractivity contribution in [1.29, 1.82) is 0 Å². The zero-order valence-electron chi connectivity index (χ0n) is 26.5. The first kappa shape index (κ1) is 34.0. The van der Waals surface area contributed by atoms with Gasteiger partial charge in [0.25, 0.3) is 0 Å². The molecule has 0 radical (unpaired) electrons. The van der Waals surface area contributed by atoms with Gasteiger partial charge in [0, 0.05) is 29.1 Å². The lowest BCUT2D eigenvalue weighted by Gasteiger charge is -2.37. The van der Waals surface area contributed by atoms with Gasteiger partial charge in [-0.1, -0.05) is 49.9 Å². The lowest BCUT2D eigenvalue weighted by Crippen LogP contribution is -2.43. The topological polar surface area (TPSA) is 84.6 Å². The largest absolute Gasteiger partial charge is 0.573 e. The molecule has 5 rings (SSSR count). The van der Waals surface area contributed by atoms with Crippen molar-refractivity contribution < 1.29 is 27.1 Å². The summed E-state index contributed by atoms with van der Waals surface area (Å²) in [5, 5.41) is 8.05. The molecule has 4 aromatic rings. The van der Waals surface area contributed by atoms with E-state index in [1.165, 1.54) is 53.1 Å². The van der Waals surface area contributed by atoms with Crippen LogP contribution in [0.4, 0.5) is 28.0 Å². The Balaban J connectivity index is 1.17. The van der Waals surface area contributed by atoms with Crippen LogP contribution < -0.4 is 15.0 Å². The minimum Gasteiger partial charge on any atom is -0.406 e. The van der Waals surface area contributed by atoms with Gasteiger partial charge in [-0.05, 0) is 92.6 Å². The summed E-state index contributed by atoms with van der Waals surface area (Å²) in [6, 6.07) is 17.5. The van der Waals surface area contributed by atoms with Gasteiger partial charge in [0.15, 0.2) is 11.0 Å². The van der Waals surface area contributed by atoms with Gasteiger partial charge in [-0.25, -0.2) is 18.9 Å². The van der Waals surface area contributed by atoms with E-state index in [0.29, 0.717) is 23.1 Å². The summed E-state index contributed by atoms with van der Waals surface area (Å²) in [5.74, 6) is 0.821. The van der Waals surface area contributed by atoms with Gasteiger partial charge in [0.1, 0.15) is 17.9 Å². The first-order valence-electron chi connectivity index (χ1n) is 15.3. The van der Waals surface area contributed by atoms with Crippen LogP contribution in [0.3, 0.4) is 0 Å². The molecule has 248 valence electrons. The summed E-state index contributed by atoms with van der Waals surface area (Å²) in [6.45, 7) is 8.08. The van der Waals surface area contributed by atoms with E-state index in [9.17, 15) is 22.4 Å². The van der Waals surface area contributed by atoms with E-state index in [1.807, 2.05) is 45.0 Å². The minimum atomic E-state index is -4.75. The Morgan fingerprint density at radius 1 is 1.09 bits per heavy atom. The number of alkyl halides is 3. The third-order valence-electron chi connectivity index (χ3n) is 7.76. The molecule has 2 unspecified atom stereocenters. The minimum absolute atomic E-state index is 0.105. The number of aryl methyl sites for hydroxylation is 1. The highest BCUT2D eigenvalue weighted by molar-refractivity contribution is 8.14. The van der Waals surface area contributed by atoms with Crippen molar-refractivity contribution in [2.75, 3.05) is 10.7 Å². The molecule has 1 aliphatic rings. The summed E-state index contributed by atoms with van der Waals surface area (Å²) in [7, 11) is 0. The lowest BCUT2D eigenvalue weighted by molar-refractivity contribution is -0.274. The highest BCUT2D eigenvalue weighted by Crippen LogP contribution is 2.35. The summed E-state index contributed by atoms with van der Waals surface area (Å²) in [4.78, 5) is 23.8. The number of rotatable bonds is 9. The number of halogens is 4. The quantitative estimate of drug-likeness (QED) is 0.180. The van der Waals surface area contributed by atoms with Crippen LogP contribution >= 0.6 is 11.8 Å². The molecule has 8 nitrogen and oxygen atoms in total. The number of nitrogens with zero attached hydrogens (tertiary/aromatic N) is 5. The summed E-state index contributed by atoms with van der Waals surface area (Å²) in [5.41, 5.74) is 4.15. The van der Waals surface area contributed by atoms with Crippen LogP contribution in [-0.4, -0.2) is 50.2 Å². The number of hydrogen-bond acceptors (Lipinski definition) is 5. The normalized spacial score (nSPS) is 16.8. The Hall–Kier alpha value is -4.39. The van der Waals surface area contributed by atoms with E-state index < -0.39 is 12.4 Å². The van der Waals surface area contributed by atoms with Crippen molar-refractivity contribution in [2.45, 2.75) is 71.3 Å². The van der Waals surface area contributed by atoms with Crippen LogP contribution in [-0.2, 0) is 6.42 Å². The van der Waals surface area contributed by atoms with Crippen molar-refractivity contribution in [3.63, 3.8) is 0 Å². The molecule has 0 spiro atoms. The van der Waals surface area contributed by atoms with Gasteiger partial charge in [0.05, 0.1) is 5.69 Å². The number of urea groups is 1. The molecular weight excluding hydrogens is 632 g/mol. The van der Waals surface area contributed by atoms with Crippen LogP contribution in [0.5, 0.6) is 5.75 Å². The monoisotopic (exact) mass is 668 g/mol. The summed E-state index contributed by atoms with van der Waals surface area (Å²) in [6.07, 6.45) is -0.927. The fraction of sp³-hybridized carbons (Fsp3) is 0.353. The van der Waals surface area contributed by atoms with E-state index in [1.54, 1.807) is 12.1 Å². The third-order valence-corrected chi connectivity index (χ3v) is 8.74. The van der Waals surface area contributed by atoms with Gasteiger partial charge in [-0.15, -0.1) is 18.3 Å². The maximum Gasteiger partial charge on any atom is 0.573 e. The molecule has 1 fully saturated rings. The highest BCUT2D eigenvalue weighted by Gasteiger charge is 2.31. The first-order chi connectivity index (χ1) is 22.4. The average Bonchev–Trinajstić information content (AvgIpc) is 3.51. The van der Waals surface area contributed by atoms with Crippen LogP contribution in [0, 0.1) is 5.82 Å². The molecule has 47 heavy (non-hydrogen) atoms. The molecular formula is C34H36F4N6O2S. The second-order valence-electron chi connectivity index (χ2n) is 11.7. The number of amides is 2. The fourth-order valence-electron chi connectivity index (χ4n) is 5.27. The molecule has 1 aliphatic heterocycles. The van der Waals surface area contributed by atoms with Crippen LogP contribution in [0.15, 0.2) is 78.0 Å². The van der Waals surface area contributed by atoms with E-state index in [-0.39, 0.29) is 29.6 Å². The predicted octanol–water partition coefficient (Wildman–Crippen LogP) is 8.51.